The molecule has 6 heteroatoms. The molecule has 1 aliphatic heterocycles. The van der Waals surface area contributed by atoms with E-state index in [1.54, 1.807) is 7.11 Å². The molecule has 6 rings (SSSR count). The number of aliphatic hydroxyl groups is 2. The van der Waals surface area contributed by atoms with Gasteiger partial charge in [-0.3, -0.25) is 4.79 Å². The Morgan fingerprint density at radius 1 is 1.05 bits per heavy atom. The van der Waals surface area contributed by atoms with Crippen LogP contribution in [-0.2, 0) is 19.0 Å². The van der Waals surface area contributed by atoms with Crippen molar-refractivity contribution in [2.45, 2.75) is 143 Å². The van der Waals surface area contributed by atoms with E-state index < -0.39 is 6.10 Å². The molecule has 1 unspecified atom stereocenters. The van der Waals surface area contributed by atoms with Crippen LogP contribution in [0.5, 0.6) is 0 Å². The SMILES string of the molecule is C=C(C)C(O)[C@H]1C[C@@H]([C@@H]2CC[C@]34C[C@]23CC[C@@H]2[C@@]3(C)CC[C@@H](OC(=O)CC(C)C)C(C)(C)[C@@H]3C[C@@H](O)[C@]24C)[C@H](OC)O1. The first-order valence-electron chi connectivity index (χ1n) is 17.0. The Kier molecular flexibility index (Phi) is 7.41. The zero-order valence-electron chi connectivity index (χ0n) is 27.6. The number of ether oxygens (including phenoxy) is 3. The second kappa shape index (κ2) is 10.0. The van der Waals surface area contributed by atoms with Crippen molar-refractivity contribution in [1.29, 1.82) is 0 Å². The largest absolute Gasteiger partial charge is 0.462 e. The van der Waals surface area contributed by atoms with Crippen molar-refractivity contribution in [3.63, 3.8) is 0 Å². The summed E-state index contributed by atoms with van der Waals surface area (Å²) < 4.78 is 18.4. The van der Waals surface area contributed by atoms with Crippen LogP contribution >= 0.6 is 0 Å². The number of esters is 1. The number of aliphatic hydroxyl groups excluding tert-OH is 2. The molecular formula is C36H58O6. The maximum absolute atomic E-state index is 12.7. The molecule has 0 spiro atoms. The van der Waals surface area contributed by atoms with E-state index in [-0.39, 0.29) is 63.6 Å². The van der Waals surface area contributed by atoms with Gasteiger partial charge in [-0.1, -0.05) is 48.1 Å². The molecule has 0 aromatic rings. The zero-order chi connectivity index (χ0) is 30.6. The third-order valence-corrected chi connectivity index (χ3v) is 14.7. The molecule has 0 bridgehead atoms. The molecule has 0 aromatic heterocycles. The predicted molar refractivity (Wildman–Crippen MR) is 162 cm³/mol. The van der Waals surface area contributed by atoms with E-state index in [0.717, 1.165) is 44.1 Å². The molecule has 6 nitrogen and oxygen atoms in total. The third-order valence-electron chi connectivity index (χ3n) is 14.7. The summed E-state index contributed by atoms with van der Waals surface area (Å²) in [5, 5.41) is 23.1. The topological polar surface area (TPSA) is 85.2 Å². The average molecular weight is 587 g/mol. The van der Waals surface area contributed by atoms with Crippen LogP contribution in [0.25, 0.3) is 0 Å². The summed E-state index contributed by atoms with van der Waals surface area (Å²) in [7, 11) is 1.74. The number of carbonyl (C=O) groups excluding carboxylic acids is 1. The molecule has 2 N–H and O–H groups in total. The van der Waals surface area contributed by atoms with Crippen molar-refractivity contribution in [3.05, 3.63) is 12.2 Å². The Labute approximate surface area is 254 Å². The number of fused-ring (bicyclic) bond motifs is 3. The maximum Gasteiger partial charge on any atom is 0.306 e. The highest BCUT2D eigenvalue weighted by Gasteiger charge is 2.85. The minimum Gasteiger partial charge on any atom is -0.462 e. The van der Waals surface area contributed by atoms with Gasteiger partial charge in [0.1, 0.15) is 12.2 Å². The van der Waals surface area contributed by atoms with Gasteiger partial charge < -0.3 is 24.4 Å². The lowest BCUT2D eigenvalue weighted by Crippen LogP contribution is -2.66. The van der Waals surface area contributed by atoms with E-state index in [2.05, 4.69) is 48.1 Å². The van der Waals surface area contributed by atoms with Crippen LogP contribution in [0.4, 0.5) is 0 Å². The summed E-state index contributed by atoms with van der Waals surface area (Å²) >= 11 is 0. The molecule has 0 aromatic carbocycles. The minimum atomic E-state index is -0.663. The molecule has 0 amide bonds. The molecule has 0 radical (unpaired) electrons. The maximum atomic E-state index is 12.7. The molecule has 6 fully saturated rings. The third kappa shape index (κ3) is 3.99. The van der Waals surface area contributed by atoms with E-state index in [9.17, 15) is 15.0 Å². The van der Waals surface area contributed by atoms with Crippen LogP contribution < -0.4 is 0 Å². The zero-order valence-corrected chi connectivity index (χ0v) is 27.6. The van der Waals surface area contributed by atoms with E-state index in [1.807, 2.05) is 6.92 Å². The lowest BCUT2D eigenvalue weighted by atomic mass is 9.37. The van der Waals surface area contributed by atoms with E-state index >= 15 is 0 Å². The second-order valence-electron chi connectivity index (χ2n) is 17.1. The summed E-state index contributed by atoms with van der Waals surface area (Å²) in [4.78, 5) is 12.7. The van der Waals surface area contributed by atoms with Gasteiger partial charge in [0, 0.05) is 30.3 Å². The lowest BCUT2D eigenvalue weighted by molar-refractivity contribution is -0.246. The predicted octanol–water partition coefficient (Wildman–Crippen LogP) is 6.67. The van der Waals surface area contributed by atoms with Crippen LogP contribution in [0.3, 0.4) is 0 Å². The fraction of sp³-hybridized carbons (Fsp3) is 0.917. The summed E-state index contributed by atoms with van der Waals surface area (Å²) in [5.41, 5.74) is 0.949. The highest BCUT2D eigenvalue weighted by Crippen LogP contribution is 2.91. The first kappa shape index (κ1) is 31.0. The van der Waals surface area contributed by atoms with Crippen molar-refractivity contribution in [2.24, 2.45) is 56.7 Å². The quantitative estimate of drug-likeness (QED) is 0.256. The fourth-order valence-electron chi connectivity index (χ4n) is 12.8. The van der Waals surface area contributed by atoms with Crippen LogP contribution in [0.1, 0.15) is 113 Å². The Morgan fingerprint density at radius 3 is 2.40 bits per heavy atom. The van der Waals surface area contributed by atoms with Crippen LogP contribution in [-0.4, -0.2) is 54.0 Å². The van der Waals surface area contributed by atoms with E-state index in [1.165, 1.54) is 19.3 Å². The van der Waals surface area contributed by atoms with Crippen LogP contribution in [0.2, 0.25) is 0 Å². The smallest absolute Gasteiger partial charge is 0.306 e. The van der Waals surface area contributed by atoms with E-state index in [4.69, 9.17) is 14.2 Å². The van der Waals surface area contributed by atoms with Gasteiger partial charge >= 0.3 is 5.97 Å². The average Bonchev–Trinajstić information content (AvgIpc) is 3.23. The molecule has 5 aliphatic carbocycles. The first-order valence-corrected chi connectivity index (χ1v) is 17.0. The molecule has 238 valence electrons. The van der Waals surface area contributed by atoms with Gasteiger partial charge in [-0.25, -0.2) is 0 Å². The minimum absolute atomic E-state index is 0.0764. The normalized spacial score (nSPS) is 51.2. The number of hydrogen-bond donors (Lipinski definition) is 2. The lowest BCUT2D eigenvalue weighted by Gasteiger charge is -2.68. The summed E-state index contributed by atoms with van der Waals surface area (Å²) in [5.74, 6) is 1.74. The Morgan fingerprint density at radius 2 is 1.76 bits per heavy atom. The summed E-state index contributed by atoms with van der Waals surface area (Å²) in [6.07, 6.45) is 8.24. The number of carbonyl (C=O) groups is 1. The highest BCUT2D eigenvalue weighted by molar-refractivity contribution is 5.69. The van der Waals surface area contributed by atoms with Gasteiger partial charge in [0.15, 0.2) is 6.29 Å². The van der Waals surface area contributed by atoms with E-state index in [0.29, 0.717) is 30.1 Å². The van der Waals surface area contributed by atoms with Crippen molar-refractivity contribution in [2.75, 3.05) is 7.11 Å². The Bertz CT molecular complexity index is 1100. The van der Waals surface area contributed by atoms with Crippen molar-refractivity contribution in [3.8, 4) is 0 Å². The summed E-state index contributed by atoms with van der Waals surface area (Å²) in [6, 6.07) is 0. The summed E-state index contributed by atoms with van der Waals surface area (Å²) in [6.45, 7) is 19.6. The van der Waals surface area contributed by atoms with Gasteiger partial charge in [0.25, 0.3) is 0 Å². The van der Waals surface area contributed by atoms with Crippen LogP contribution in [0, 0.1) is 56.7 Å². The monoisotopic (exact) mass is 586 g/mol. The number of hydrogen-bond acceptors (Lipinski definition) is 6. The van der Waals surface area contributed by atoms with Gasteiger partial charge in [-0.2, -0.15) is 0 Å². The molecule has 1 heterocycles. The Hall–Kier alpha value is -0.950. The van der Waals surface area contributed by atoms with Crippen molar-refractivity contribution in [1.82, 2.24) is 0 Å². The molecule has 5 saturated carbocycles. The number of rotatable bonds is 7. The standard InChI is InChI=1S/C36H58O6/c1-20(2)16-29(38)42-28-12-13-33(7)25-11-14-35-19-36(35,34(25,8)27(37)18-26(33)32(28,5)6)15-10-23(35)22-17-24(30(39)21(3)4)41-31(22)40-9/h20,22-28,30-31,37,39H,3,10-19H2,1-2,4-9H3/t22-,23-,24+,25+,26-,27+,28+,30?,31+,33+,34-,35+,36+/m0/s1. The van der Waals surface area contributed by atoms with Gasteiger partial charge in [0.2, 0.25) is 0 Å². The molecule has 42 heavy (non-hydrogen) atoms. The molecular weight excluding hydrogens is 528 g/mol. The van der Waals surface area contributed by atoms with Crippen LogP contribution in [0.15, 0.2) is 12.2 Å². The van der Waals surface area contributed by atoms with Gasteiger partial charge in [0.05, 0.1) is 12.2 Å². The van der Waals surface area contributed by atoms with Gasteiger partial charge in [-0.05, 0) is 110 Å². The van der Waals surface area contributed by atoms with Crippen molar-refractivity contribution < 1.29 is 29.2 Å². The molecule has 6 aliphatic rings. The second-order valence-corrected chi connectivity index (χ2v) is 17.1. The fourth-order valence-corrected chi connectivity index (χ4v) is 12.8. The first-order chi connectivity index (χ1) is 19.6. The Balaban J connectivity index is 1.26. The number of methoxy groups -OCH3 is 1. The van der Waals surface area contributed by atoms with Crippen molar-refractivity contribution >= 4 is 5.97 Å². The highest BCUT2D eigenvalue weighted by atomic mass is 16.7. The van der Waals surface area contributed by atoms with Gasteiger partial charge in [-0.15, -0.1) is 0 Å². The molecule has 1 saturated heterocycles. The molecule has 13 atom stereocenters.